The van der Waals surface area contributed by atoms with Gasteiger partial charge < -0.3 is 5.73 Å². The fraction of sp³-hybridized carbons (Fsp3) is 0. The highest BCUT2D eigenvalue weighted by Crippen LogP contribution is 2.17. The van der Waals surface area contributed by atoms with Gasteiger partial charge in [0.1, 0.15) is 17.2 Å². The molecule has 8 heavy (non-hydrogen) atoms. The van der Waals surface area contributed by atoms with E-state index in [9.17, 15) is 0 Å². The number of hydrogen-bond donors (Lipinski definition) is 1. The van der Waals surface area contributed by atoms with Gasteiger partial charge in [-0.05, 0) is 0 Å². The first-order chi connectivity index (χ1) is 3.84. The standard InChI is InChI=1S/C4H4N3P/c5-1-3-4(6)7-2-8-3/h2,8H,6H2. The van der Waals surface area contributed by atoms with Crippen LogP contribution in [0.5, 0.6) is 0 Å². The lowest BCUT2D eigenvalue weighted by atomic mass is 10.6. The van der Waals surface area contributed by atoms with E-state index in [0.29, 0.717) is 19.3 Å². The molecule has 0 aliphatic heterocycles. The summed E-state index contributed by atoms with van der Waals surface area (Å²) in [7, 11) is 0.382. The van der Waals surface area contributed by atoms with E-state index in [2.05, 4.69) is 4.98 Å². The van der Waals surface area contributed by atoms with E-state index in [0.717, 1.165) is 0 Å². The summed E-state index contributed by atoms with van der Waals surface area (Å²) in [5, 5.41) is 8.88. The molecule has 0 saturated heterocycles. The minimum Gasteiger partial charge on any atom is -0.382 e. The molecule has 4 heteroatoms. The van der Waals surface area contributed by atoms with Gasteiger partial charge in [-0.2, -0.15) is 5.26 Å². The zero-order valence-corrected chi connectivity index (χ0v) is 5.05. The molecule has 0 aliphatic rings. The highest BCUT2D eigenvalue weighted by atomic mass is 31.0. The minimum absolute atomic E-state index is 0.380. The van der Waals surface area contributed by atoms with Crippen molar-refractivity contribution < 1.29 is 0 Å². The number of anilines is 1. The molecule has 0 aromatic carbocycles. The Kier molecular flexibility index (Phi) is 1.19. The summed E-state index contributed by atoms with van der Waals surface area (Å²) < 4.78 is 0. The second-order valence-corrected chi connectivity index (χ2v) is 2.32. The molecule has 0 aliphatic carbocycles. The van der Waals surface area contributed by atoms with Crippen LogP contribution < -0.4 is 5.73 Å². The molecular weight excluding hydrogens is 121 g/mol. The zero-order valence-electron chi connectivity index (χ0n) is 4.05. The first kappa shape index (κ1) is 5.14. The predicted octanol–water partition coefficient (Wildman–Crippen LogP) is 0.567. The number of nitrogen functional groups attached to an aromatic ring is 1. The van der Waals surface area contributed by atoms with Crippen molar-refractivity contribution in [2.75, 3.05) is 5.73 Å². The Labute approximate surface area is 48.2 Å². The van der Waals surface area contributed by atoms with Crippen molar-refractivity contribution in [1.29, 1.82) is 5.26 Å². The van der Waals surface area contributed by atoms with Crippen molar-refractivity contribution in [2.45, 2.75) is 0 Å². The van der Waals surface area contributed by atoms with E-state index in [-0.39, 0.29) is 0 Å². The Balaban J connectivity index is 3.15. The molecule has 1 unspecified atom stereocenters. The third-order valence-electron chi connectivity index (χ3n) is 0.780. The van der Waals surface area contributed by atoms with Crippen LogP contribution in [0.1, 0.15) is 5.30 Å². The van der Waals surface area contributed by atoms with Crippen LogP contribution in [0.4, 0.5) is 5.82 Å². The monoisotopic (exact) mass is 125 g/mol. The number of aromatic nitrogens is 1. The van der Waals surface area contributed by atoms with Gasteiger partial charge in [-0.3, -0.25) is 0 Å². The summed E-state index contributed by atoms with van der Waals surface area (Å²) >= 11 is 0. The minimum atomic E-state index is 0.380. The van der Waals surface area contributed by atoms with Crippen molar-refractivity contribution in [1.82, 2.24) is 4.98 Å². The van der Waals surface area contributed by atoms with Crippen LogP contribution in [0.15, 0.2) is 5.93 Å². The second kappa shape index (κ2) is 1.85. The summed E-state index contributed by atoms with van der Waals surface area (Å²) in [6, 6.07) is 1.96. The van der Waals surface area contributed by atoms with Crippen LogP contribution in [0.25, 0.3) is 0 Å². The summed E-state index contributed by atoms with van der Waals surface area (Å²) in [6.45, 7) is 0. The molecule has 40 valence electrons. The molecule has 1 atom stereocenters. The van der Waals surface area contributed by atoms with E-state index in [1.54, 1.807) is 5.93 Å². The van der Waals surface area contributed by atoms with Gasteiger partial charge in [0, 0.05) is 5.93 Å². The van der Waals surface area contributed by atoms with Gasteiger partial charge in [-0.1, -0.05) is 8.19 Å². The fourth-order valence-corrected chi connectivity index (χ4v) is 1.00. The number of nitrogens with zero attached hydrogens (tertiary/aromatic N) is 2. The Morgan fingerprint density at radius 3 is 2.88 bits per heavy atom. The molecule has 1 rings (SSSR count). The highest BCUT2D eigenvalue weighted by molar-refractivity contribution is 7.30. The Hall–Kier alpha value is -1.00. The molecular formula is C4H4N3P. The average molecular weight is 125 g/mol. The summed E-state index contributed by atoms with van der Waals surface area (Å²) in [6.07, 6.45) is 0. The van der Waals surface area contributed by atoms with Gasteiger partial charge >= 0.3 is 0 Å². The number of rotatable bonds is 0. The maximum Gasteiger partial charge on any atom is 0.145 e. The Bertz CT molecular complexity index is 221. The van der Waals surface area contributed by atoms with Crippen molar-refractivity contribution in [3.05, 3.63) is 11.2 Å². The van der Waals surface area contributed by atoms with Crippen molar-refractivity contribution in [2.24, 2.45) is 0 Å². The summed E-state index contributed by atoms with van der Waals surface area (Å²) in [5.41, 5.74) is 5.26. The lowest BCUT2D eigenvalue weighted by Crippen LogP contribution is -1.84. The predicted molar refractivity (Wildman–Crippen MR) is 32.9 cm³/mol. The van der Waals surface area contributed by atoms with Crippen LogP contribution in [0.2, 0.25) is 0 Å². The largest absolute Gasteiger partial charge is 0.382 e. The number of hydrogen-bond acceptors (Lipinski definition) is 3. The van der Waals surface area contributed by atoms with Gasteiger partial charge in [0.15, 0.2) is 0 Å². The van der Waals surface area contributed by atoms with Crippen molar-refractivity contribution in [3.63, 3.8) is 0 Å². The molecule has 0 saturated carbocycles. The molecule has 2 N–H and O–H groups in total. The van der Waals surface area contributed by atoms with E-state index in [1.807, 2.05) is 6.07 Å². The molecule has 0 radical (unpaired) electrons. The lowest BCUT2D eigenvalue weighted by Gasteiger charge is -1.77. The number of nitrogens with two attached hydrogens (primary N) is 1. The van der Waals surface area contributed by atoms with E-state index < -0.39 is 0 Å². The van der Waals surface area contributed by atoms with Gasteiger partial charge in [-0.25, -0.2) is 4.98 Å². The quantitative estimate of drug-likeness (QED) is 0.551. The van der Waals surface area contributed by atoms with Crippen LogP contribution >= 0.6 is 8.19 Å². The van der Waals surface area contributed by atoms with E-state index in [4.69, 9.17) is 11.0 Å². The third-order valence-corrected chi connectivity index (χ3v) is 1.70. The topological polar surface area (TPSA) is 62.7 Å². The molecule has 0 fully saturated rings. The third kappa shape index (κ3) is 0.661. The summed E-state index contributed by atoms with van der Waals surface area (Å²) in [5.74, 6) is 2.04. The lowest BCUT2D eigenvalue weighted by molar-refractivity contribution is 1.41. The van der Waals surface area contributed by atoms with Gasteiger partial charge in [0.2, 0.25) is 0 Å². The van der Waals surface area contributed by atoms with Crippen LogP contribution in [0, 0.1) is 11.3 Å². The molecule has 1 aromatic rings. The smallest absolute Gasteiger partial charge is 0.145 e. The molecule has 0 spiro atoms. The van der Waals surface area contributed by atoms with Crippen molar-refractivity contribution >= 4 is 14.0 Å². The molecule has 0 amide bonds. The Morgan fingerprint density at radius 2 is 2.62 bits per heavy atom. The van der Waals surface area contributed by atoms with Gasteiger partial charge in [-0.15, -0.1) is 0 Å². The SMILES string of the molecule is N#Cc1[pH]cnc1N. The van der Waals surface area contributed by atoms with Gasteiger partial charge in [0.05, 0.1) is 0 Å². The summed E-state index contributed by atoms with van der Waals surface area (Å²) in [4.78, 5) is 3.71. The van der Waals surface area contributed by atoms with Crippen LogP contribution in [-0.4, -0.2) is 4.98 Å². The Morgan fingerprint density at radius 1 is 1.88 bits per heavy atom. The maximum absolute atomic E-state index is 8.28. The number of nitriles is 1. The van der Waals surface area contributed by atoms with Crippen LogP contribution in [0.3, 0.4) is 0 Å². The first-order valence-corrected chi connectivity index (χ1v) is 3.11. The molecule has 1 heterocycles. The van der Waals surface area contributed by atoms with Crippen molar-refractivity contribution in [3.8, 4) is 6.07 Å². The normalized spacial score (nSPS) is 9.38. The average Bonchev–Trinajstić information content (AvgIpc) is 2.14. The fourth-order valence-electron chi connectivity index (χ4n) is 0.394. The first-order valence-electron chi connectivity index (χ1n) is 2.03. The molecule has 1 aromatic heterocycles. The molecule has 3 nitrogen and oxygen atoms in total. The molecule has 0 bridgehead atoms. The van der Waals surface area contributed by atoms with E-state index in [1.165, 1.54) is 0 Å². The van der Waals surface area contributed by atoms with Gasteiger partial charge in [0.25, 0.3) is 0 Å². The van der Waals surface area contributed by atoms with E-state index >= 15 is 0 Å². The zero-order chi connectivity index (χ0) is 5.98. The second-order valence-electron chi connectivity index (χ2n) is 1.27. The van der Waals surface area contributed by atoms with Crippen LogP contribution in [-0.2, 0) is 0 Å². The maximum atomic E-state index is 8.28. The highest BCUT2D eigenvalue weighted by Gasteiger charge is 1.94.